The first-order chi connectivity index (χ1) is 9.89. The van der Waals surface area contributed by atoms with E-state index in [9.17, 15) is 9.50 Å². The summed E-state index contributed by atoms with van der Waals surface area (Å²) in [4.78, 5) is 0. The van der Waals surface area contributed by atoms with E-state index in [1.807, 2.05) is 0 Å². The van der Waals surface area contributed by atoms with Crippen LogP contribution < -0.4 is 5.73 Å². The second kappa shape index (κ2) is 6.64. The maximum atomic E-state index is 13.2. The smallest absolute Gasteiger partial charge is 0.124 e. The van der Waals surface area contributed by atoms with Crippen LogP contribution in [0.1, 0.15) is 51.2 Å². The highest BCUT2D eigenvalue weighted by Crippen LogP contribution is 2.49. The molecule has 4 heteroatoms. The molecule has 0 aliphatic heterocycles. The maximum Gasteiger partial charge on any atom is 0.124 e. The predicted octanol–water partition coefficient (Wildman–Crippen LogP) is 4.30. The lowest BCUT2D eigenvalue weighted by Crippen LogP contribution is -2.41. The van der Waals surface area contributed by atoms with Crippen molar-refractivity contribution in [2.45, 2.75) is 45.6 Å². The SMILES string of the molecule is CC(C)C1CCC(CN)(C(O)c2ccc(F)cc2Cl)CC1. The van der Waals surface area contributed by atoms with E-state index in [1.165, 1.54) is 12.1 Å². The van der Waals surface area contributed by atoms with E-state index in [0.717, 1.165) is 25.7 Å². The quantitative estimate of drug-likeness (QED) is 0.870. The fourth-order valence-electron chi connectivity index (χ4n) is 3.52. The maximum absolute atomic E-state index is 13.2. The molecule has 0 spiro atoms. The molecule has 1 aromatic carbocycles. The van der Waals surface area contributed by atoms with E-state index in [0.29, 0.717) is 23.9 Å². The van der Waals surface area contributed by atoms with Gasteiger partial charge in [-0.05, 0) is 55.2 Å². The largest absolute Gasteiger partial charge is 0.388 e. The van der Waals surface area contributed by atoms with Gasteiger partial charge in [-0.15, -0.1) is 0 Å². The minimum absolute atomic E-state index is 0.279. The molecule has 0 aromatic heterocycles. The number of rotatable bonds is 4. The van der Waals surface area contributed by atoms with Crippen LogP contribution in [0.3, 0.4) is 0 Å². The van der Waals surface area contributed by atoms with E-state index in [-0.39, 0.29) is 16.3 Å². The molecular formula is C17H25ClFNO. The molecule has 1 aromatic rings. The summed E-state index contributed by atoms with van der Waals surface area (Å²) in [6.45, 7) is 4.91. The number of hydrogen-bond donors (Lipinski definition) is 2. The Morgan fingerprint density at radius 1 is 1.38 bits per heavy atom. The Labute approximate surface area is 131 Å². The van der Waals surface area contributed by atoms with E-state index in [1.54, 1.807) is 6.07 Å². The lowest BCUT2D eigenvalue weighted by atomic mass is 9.64. The van der Waals surface area contributed by atoms with Gasteiger partial charge in [-0.3, -0.25) is 0 Å². The molecule has 0 heterocycles. The van der Waals surface area contributed by atoms with Gasteiger partial charge >= 0.3 is 0 Å². The molecule has 21 heavy (non-hydrogen) atoms. The van der Waals surface area contributed by atoms with Gasteiger partial charge < -0.3 is 10.8 Å². The van der Waals surface area contributed by atoms with Crippen molar-refractivity contribution in [1.82, 2.24) is 0 Å². The van der Waals surface area contributed by atoms with Gasteiger partial charge in [0.15, 0.2) is 0 Å². The Morgan fingerprint density at radius 2 is 2.00 bits per heavy atom. The van der Waals surface area contributed by atoms with Crippen molar-refractivity contribution >= 4 is 11.6 Å². The van der Waals surface area contributed by atoms with Crippen molar-refractivity contribution in [3.05, 3.63) is 34.6 Å². The van der Waals surface area contributed by atoms with Crippen molar-refractivity contribution in [2.24, 2.45) is 23.0 Å². The highest BCUT2D eigenvalue weighted by molar-refractivity contribution is 6.31. The summed E-state index contributed by atoms with van der Waals surface area (Å²) < 4.78 is 13.2. The molecule has 1 atom stereocenters. The topological polar surface area (TPSA) is 46.2 Å². The van der Waals surface area contributed by atoms with Gasteiger partial charge in [-0.1, -0.05) is 31.5 Å². The zero-order valence-corrected chi connectivity index (χ0v) is 13.5. The van der Waals surface area contributed by atoms with E-state index in [4.69, 9.17) is 17.3 Å². The molecule has 1 aliphatic rings. The lowest BCUT2D eigenvalue weighted by molar-refractivity contribution is -0.0148. The van der Waals surface area contributed by atoms with E-state index < -0.39 is 6.10 Å². The van der Waals surface area contributed by atoms with Crippen molar-refractivity contribution < 1.29 is 9.50 Å². The third-order valence-corrected chi connectivity index (χ3v) is 5.54. The van der Waals surface area contributed by atoms with Crippen LogP contribution in [-0.4, -0.2) is 11.7 Å². The number of hydrogen-bond acceptors (Lipinski definition) is 2. The highest BCUT2D eigenvalue weighted by Gasteiger charge is 2.42. The summed E-state index contributed by atoms with van der Waals surface area (Å²) >= 11 is 6.10. The molecule has 3 N–H and O–H groups in total. The summed E-state index contributed by atoms with van der Waals surface area (Å²) in [6, 6.07) is 4.17. The zero-order valence-electron chi connectivity index (χ0n) is 12.8. The number of nitrogens with two attached hydrogens (primary N) is 1. The number of aliphatic hydroxyl groups excluding tert-OH is 1. The summed E-state index contributed by atoms with van der Waals surface area (Å²) in [5.74, 6) is 0.967. The molecule has 2 rings (SSSR count). The van der Waals surface area contributed by atoms with Crippen LogP contribution in [0.2, 0.25) is 5.02 Å². The van der Waals surface area contributed by atoms with E-state index in [2.05, 4.69) is 13.8 Å². The van der Waals surface area contributed by atoms with Crippen LogP contribution in [-0.2, 0) is 0 Å². The first-order valence-corrected chi connectivity index (χ1v) is 8.10. The molecular weight excluding hydrogens is 289 g/mol. The molecule has 118 valence electrons. The Morgan fingerprint density at radius 3 is 2.48 bits per heavy atom. The van der Waals surface area contributed by atoms with Crippen LogP contribution in [0.4, 0.5) is 4.39 Å². The monoisotopic (exact) mass is 313 g/mol. The van der Waals surface area contributed by atoms with Gasteiger partial charge in [-0.25, -0.2) is 4.39 Å². The molecule has 1 aliphatic carbocycles. The van der Waals surface area contributed by atoms with Crippen molar-refractivity contribution in [3.8, 4) is 0 Å². The van der Waals surface area contributed by atoms with Gasteiger partial charge in [0.2, 0.25) is 0 Å². The van der Waals surface area contributed by atoms with E-state index >= 15 is 0 Å². The Kier molecular flexibility index (Phi) is 5.29. The lowest BCUT2D eigenvalue weighted by Gasteiger charge is -2.44. The molecule has 2 nitrogen and oxygen atoms in total. The van der Waals surface area contributed by atoms with Gasteiger partial charge in [-0.2, -0.15) is 0 Å². The molecule has 1 fully saturated rings. The molecule has 0 saturated heterocycles. The van der Waals surface area contributed by atoms with Crippen molar-refractivity contribution in [1.29, 1.82) is 0 Å². The highest BCUT2D eigenvalue weighted by atomic mass is 35.5. The summed E-state index contributed by atoms with van der Waals surface area (Å²) in [7, 11) is 0. The second-order valence-electron chi connectivity index (χ2n) is 6.72. The van der Waals surface area contributed by atoms with Crippen LogP contribution >= 0.6 is 11.6 Å². The molecule has 0 bridgehead atoms. The Bertz CT molecular complexity index is 484. The fraction of sp³-hybridized carbons (Fsp3) is 0.647. The van der Waals surface area contributed by atoms with Gasteiger partial charge in [0.25, 0.3) is 0 Å². The Hall–Kier alpha value is -0.640. The average molecular weight is 314 g/mol. The fourth-order valence-corrected chi connectivity index (χ4v) is 3.79. The number of aliphatic hydroxyl groups is 1. The van der Waals surface area contributed by atoms with Crippen LogP contribution in [0.15, 0.2) is 18.2 Å². The number of halogens is 2. The van der Waals surface area contributed by atoms with Gasteiger partial charge in [0.05, 0.1) is 6.10 Å². The molecule has 1 unspecified atom stereocenters. The summed E-state index contributed by atoms with van der Waals surface area (Å²) in [5.41, 5.74) is 6.25. The molecule has 0 radical (unpaired) electrons. The summed E-state index contributed by atoms with van der Waals surface area (Å²) in [6.07, 6.45) is 3.20. The van der Waals surface area contributed by atoms with Crippen molar-refractivity contribution in [3.63, 3.8) is 0 Å². The van der Waals surface area contributed by atoms with Crippen LogP contribution in [0.5, 0.6) is 0 Å². The Balaban J connectivity index is 2.21. The standard InChI is InChI=1S/C17H25ClFNO/c1-11(2)12-5-7-17(10-20,8-6-12)16(21)14-4-3-13(19)9-15(14)18/h3-4,9,11-12,16,21H,5-8,10,20H2,1-2H3. The third kappa shape index (κ3) is 3.41. The summed E-state index contributed by atoms with van der Waals surface area (Å²) in [5, 5.41) is 11.1. The predicted molar refractivity (Wildman–Crippen MR) is 84.7 cm³/mol. The second-order valence-corrected chi connectivity index (χ2v) is 7.12. The zero-order chi connectivity index (χ0) is 15.6. The molecule has 0 amide bonds. The first-order valence-electron chi connectivity index (χ1n) is 7.72. The van der Waals surface area contributed by atoms with Crippen molar-refractivity contribution in [2.75, 3.05) is 6.54 Å². The van der Waals surface area contributed by atoms with Crippen LogP contribution in [0.25, 0.3) is 0 Å². The third-order valence-electron chi connectivity index (χ3n) is 5.21. The minimum Gasteiger partial charge on any atom is -0.388 e. The average Bonchev–Trinajstić information content (AvgIpc) is 2.46. The van der Waals surface area contributed by atoms with Gasteiger partial charge in [0.1, 0.15) is 5.82 Å². The minimum atomic E-state index is -0.733. The number of benzene rings is 1. The molecule has 1 saturated carbocycles. The van der Waals surface area contributed by atoms with Crippen LogP contribution in [0, 0.1) is 23.1 Å². The van der Waals surface area contributed by atoms with Gasteiger partial charge in [0, 0.05) is 17.0 Å². The first kappa shape index (κ1) is 16.7. The normalized spacial score (nSPS) is 27.9.